The highest BCUT2D eigenvalue weighted by Crippen LogP contribution is 2.22. The van der Waals surface area contributed by atoms with Crippen LogP contribution in [0.2, 0.25) is 5.02 Å². The molecular formula is C26H27ClN4O2. The van der Waals surface area contributed by atoms with E-state index in [4.69, 9.17) is 16.0 Å². The Balaban J connectivity index is 1.32. The minimum Gasteiger partial charge on any atom is -0.447 e. The minimum atomic E-state index is -0.0426. The second-order valence-corrected chi connectivity index (χ2v) is 8.94. The van der Waals surface area contributed by atoms with Crippen molar-refractivity contribution in [2.45, 2.75) is 32.4 Å². The fraction of sp³-hybridized carbons (Fsp3) is 0.308. The lowest BCUT2D eigenvalue weighted by molar-refractivity contribution is 0.0787. The molecule has 5 rings (SSSR count). The lowest BCUT2D eigenvalue weighted by Gasteiger charge is -2.21. The molecule has 0 aliphatic carbocycles. The number of oxazole rings is 1. The monoisotopic (exact) mass is 462 g/mol. The van der Waals surface area contributed by atoms with Gasteiger partial charge in [0.05, 0.1) is 6.54 Å². The summed E-state index contributed by atoms with van der Waals surface area (Å²) in [4.78, 5) is 24.6. The average molecular weight is 463 g/mol. The second kappa shape index (κ2) is 9.81. The molecular weight excluding hydrogens is 436 g/mol. The number of rotatable bonds is 8. The van der Waals surface area contributed by atoms with Crippen molar-refractivity contribution in [2.24, 2.45) is 0 Å². The number of likely N-dealkylation sites (tertiary alicyclic amines) is 1. The lowest BCUT2D eigenvalue weighted by atomic mass is 10.1. The van der Waals surface area contributed by atoms with Gasteiger partial charge in [-0.15, -0.1) is 0 Å². The molecule has 1 saturated heterocycles. The van der Waals surface area contributed by atoms with Gasteiger partial charge in [-0.25, -0.2) is 4.98 Å². The molecule has 2 aromatic carbocycles. The van der Waals surface area contributed by atoms with Gasteiger partial charge in [0.1, 0.15) is 6.26 Å². The van der Waals surface area contributed by atoms with Gasteiger partial charge in [-0.2, -0.15) is 0 Å². The van der Waals surface area contributed by atoms with Crippen molar-refractivity contribution >= 4 is 28.4 Å². The Morgan fingerprint density at radius 3 is 2.70 bits per heavy atom. The minimum absolute atomic E-state index is 0.0426. The van der Waals surface area contributed by atoms with Crippen molar-refractivity contribution in [1.82, 2.24) is 19.8 Å². The summed E-state index contributed by atoms with van der Waals surface area (Å²) in [7, 11) is 0. The number of halogens is 1. The third-order valence-corrected chi connectivity index (χ3v) is 6.62. The Hall–Kier alpha value is -3.09. The van der Waals surface area contributed by atoms with Gasteiger partial charge in [0.25, 0.3) is 5.91 Å². The maximum Gasteiger partial charge on any atom is 0.275 e. The molecule has 0 atom stereocenters. The Labute approximate surface area is 198 Å². The number of carbonyl (C=O) groups is 1. The van der Waals surface area contributed by atoms with Crippen molar-refractivity contribution in [3.8, 4) is 0 Å². The number of nitrogens with one attached hydrogen (secondary N) is 1. The van der Waals surface area contributed by atoms with Gasteiger partial charge in [0.15, 0.2) is 5.69 Å². The predicted molar refractivity (Wildman–Crippen MR) is 129 cm³/mol. The summed E-state index contributed by atoms with van der Waals surface area (Å²) in [6.07, 6.45) is 6.54. The molecule has 170 valence electrons. The number of para-hydroxylation sites is 1. The third-order valence-electron chi connectivity index (χ3n) is 6.25. The van der Waals surface area contributed by atoms with E-state index < -0.39 is 0 Å². The van der Waals surface area contributed by atoms with E-state index >= 15 is 0 Å². The van der Waals surface area contributed by atoms with Crippen LogP contribution < -0.4 is 0 Å². The number of nitrogens with zero attached hydrogens (tertiary/aromatic N) is 3. The van der Waals surface area contributed by atoms with Crippen LogP contribution in [0.3, 0.4) is 0 Å². The summed E-state index contributed by atoms with van der Waals surface area (Å²) in [5.41, 5.74) is 3.86. The highest BCUT2D eigenvalue weighted by atomic mass is 35.5. The zero-order valence-corrected chi connectivity index (χ0v) is 19.2. The Bertz CT molecular complexity index is 1240. The van der Waals surface area contributed by atoms with Crippen molar-refractivity contribution < 1.29 is 9.21 Å². The van der Waals surface area contributed by atoms with Gasteiger partial charge in [-0.3, -0.25) is 9.69 Å². The molecule has 1 aliphatic rings. The number of hydrogen-bond donors (Lipinski definition) is 1. The quantitative estimate of drug-likeness (QED) is 0.386. The van der Waals surface area contributed by atoms with Crippen LogP contribution in [0.5, 0.6) is 0 Å². The van der Waals surface area contributed by atoms with Gasteiger partial charge in [-0.1, -0.05) is 48.0 Å². The molecule has 6 nitrogen and oxygen atoms in total. The van der Waals surface area contributed by atoms with Crippen LogP contribution in [0, 0.1) is 0 Å². The fourth-order valence-corrected chi connectivity index (χ4v) is 4.65. The van der Waals surface area contributed by atoms with E-state index in [1.165, 1.54) is 17.2 Å². The van der Waals surface area contributed by atoms with Crippen LogP contribution in [0.1, 0.15) is 40.3 Å². The SMILES string of the molecule is O=C(c1coc(CN(CCc2c[nH]c3ccccc23)Cc2ccccc2Cl)n1)N1CCCC1. The van der Waals surface area contributed by atoms with Crippen molar-refractivity contribution in [1.29, 1.82) is 0 Å². The van der Waals surface area contributed by atoms with Crippen molar-refractivity contribution in [3.63, 3.8) is 0 Å². The average Bonchev–Trinajstić information content (AvgIpc) is 3.60. The molecule has 0 spiro atoms. The molecule has 33 heavy (non-hydrogen) atoms. The first-order valence-corrected chi connectivity index (χ1v) is 11.8. The summed E-state index contributed by atoms with van der Waals surface area (Å²) in [6, 6.07) is 16.2. The van der Waals surface area contributed by atoms with Gasteiger partial charge in [-0.05, 0) is 42.5 Å². The summed E-state index contributed by atoms with van der Waals surface area (Å²) >= 11 is 6.45. The molecule has 1 amide bonds. The second-order valence-electron chi connectivity index (χ2n) is 8.54. The topological polar surface area (TPSA) is 65.4 Å². The zero-order chi connectivity index (χ0) is 22.6. The number of carbonyl (C=O) groups excluding carboxylic acids is 1. The van der Waals surface area contributed by atoms with Crippen molar-refractivity contribution in [2.75, 3.05) is 19.6 Å². The summed E-state index contributed by atoms with van der Waals surface area (Å²) < 4.78 is 5.71. The molecule has 0 saturated carbocycles. The maximum absolute atomic E-state index is 12.7. The first-order chi connectivity index (χ1) is 16.2. The summed E-state index contributed by atoms with van der Waals surface area (Å²) in [5, 5.41) is 1.98. The van der Waals surface area contributed by atoms with Gasteiger partial charge in [0.2, 0.25) is 5.89 Å². The highest BCUT2D eigenvalue weighted by molar-refractivity contribution is 6.31. The van der Waals surface area contributed by atoms with Gasteiger partial charge >= 0.3 is 0 Å². The predicted octanol–water partition coefficient (Wildman–Crippen LogP) is 5.29. The van der Waals surface area contributed by atoms with Crippen LogP contribution in [-0.4, -0.2) is 45.3 Å². The van der Waals surface area contributed by atoms with Crippen LogP contribution in [0.25, 0.3) is 10.9 Å². The Morgan fingerprint density at radius 2 is 1.85 bits per heavy atom. The first kappa shape index (κ1) is 21.7. The first-order valence-electron chi connectivity index (χ1n) is 11.4. The van der Waals surface area contributed by atoms with E-state index in [-0.39, 0.29) is 5.91 Å². The molecule has 1 N–H and O–H groups in total. The number of H-pyrrole nitrogens is 1. The maximum atomic E-state index is 12.7. The number of hydrogen-bond acceptors (Lipinski definition) is 4. The van der Waals surface area contributed by atoms with Gasteiger partial charge in [0, 0.05) is 48.3 Å². The van der Waals surface area contributed by atoms with Crippen LogP contribution in [0.4, 0.5) is 0 Å². The number of amides is 1. The molecule has 1 fully saturated rings. The molecule has 3 heterocycles. The van der Waals surface area contributed by atoms with E-state index in [0.717, 1.165) is 55.0 Å². The third kappa shape index (κ3) is 4.97. The summed E-state index contributed by atoms with van der Waals surface area (Å²) in [5.74, 6) is 0.502. The van der Waals surface area contributed by atoms with Crippen LogP contribution in [-0.2, 0) is 19.5 Å². The molecule has 0 unspecified atom stereocenters. The van der Waals surface area contributed by atoms with Crippen LogP contribution in [0.15, 0.2) is 65.4 Å². The number of aromatic amines is 1. The Kier molecular flexibility index (Phi) is 6.46. The van der Waals surface area contributed by atoms with Gasteiger partial charge < -0.3 is 14.3 Å². The normalized spacial score (nSPS) is 13.9. The molecule has 1 aliphatic heterocycles. The van der Waals surface area contributed by atoms with Crippen LogP contribution >= 0.6 is 11.6 Å². The van der Waals surface area contributed by atoms with E-state index in [1.54, 1.807) is 0 Å². The largest absolute Gasteiger partial charge is 0.447 e. The standard InChI is InChI=1S/C26H27ClN4O2/c27-22-9-3-1-7-20(22)16-30(14-11-19-15-28-23-10-4-2-8-21(19)23)17-25-29-24(18-33-25)26(32)31-12-5-6-13-31/h1-4,7-10,15,18,28H,5-6,11-14,16-17H2. The number of benzene rings is 2. The fourth-order valence-electron chi connectivity index (χ4n) is 4.45. The molecule has 4 aromatic rings. The highest BCUT2D eigenvalue weighted by Gasteiger charge is 2.23. The molecule has 7 heteroatoms. The smallest absolute Gasteiger partial charge is 0.275 e. The zero-order valence-electron chi connectivity index (χ0n) is 18.5. The molecule has 0 bridgehead atoms. The molecule has 0 radical (unpaired) electrons. The lowest BCUT2D eigenvalue weighted by Crippen LogP contribution is -2.28. The van der Waals surface area contributed by atoms with Crippen molar-refractivity contribution in [3.05, 3.63) is 88.7 Å². The van der Waals surface area contributed by atoms with E-state index in [0.29, 0.717) is 24.7 Å². The molecule has 2 aromatic heterocycles. The number of fused-ring (bicyclic) bond motifs is 1. The summed E-state index contributed by atoms with van der Waals surface area (Å²) in [6.45, 7) is 3.56. The van der Waals surface area contributed by atoms with E-state index in [1.807, 2.05) is 35.2 Å². The van der Waals surface area contributed by atoms with E-state index in [9.17, 15) is 4.79 Å². The number of aromatic nitrogens is 2. The Morgan fingerprint density at radius 1 is 1.06 bits per heavy atom. The van der Waals surface area contributed by atoms with E-state index in [2.05, 4.69) is 39.3 Å².